The van der Waals surface area contributed by atoms with Gasteiger partial charge in [-0.3, -0.25) is 13.9 Å². The number of para-hydroxylation sites is 1. The molecule has 7 nitrogen and oxygen atoms in total. The zero-order valence-corrected chi connectivity index (χ0v) is 21.6. The van der Waals surface area contributed by atoms with Crippen molar-refractivity contribution in [2.45, 2.75) is 65.6 Å². The number of rotatable bonds is 12. The third-order valence-corrected chi connectivity index (χ3v) is 7.16. The summed E-state index contributed by atoms with van der Waals surface area (Å²) in [4.78, 5) is 27.7. The number of carbonyl (C=O) groups is 2. The Morgan fingerprint density at radius 2 is 1.62 bits per heavy atom. The minimum absolute atomic E-state index is 0.0135. The fourth-order valence-electron chi connectivity index (χ4n) is 3.62. The van der Waals surface area contributed by atoms with Crippen LogP contribution in [0.4, 0.5) is 5.69 Å². The fraction of sp³-hybridized carbons (Fsp3) is 0.462. The molecule has 0 aromatic heterocycles. The molecular weight excluding hydrogens is 450 g/mol. The molecule has 0 spiro atoms. The highest BCUT2D eigenvalue weighted by atomic mass is 32.2. The molecule has 2 atom stereocenters. The molecular formula is C26H37N3O4S. The lowest BCUT2D eigenvalue weighted by molar-refractivity contribution is -0.140. The average Bonchev–Trinajstić information content (AvgIpc) is 2.80. The first kappa shape index (κ1) is 27.4. The predicted molar refractivity (Wildman–Crippen MR) is 137 cm³/mol. The van der Waals surface area contributed by atoms with E-state index in [1.165, 1.54) is 4.31 Å². The predicted octanol–water partition coefficient (Wildman–Crippen LogP) is 3.87. The van der Waals surface area contributed by atoms with E-state index in [-0.39, 0.29) is 30.8 Å². The van der Waals surface area contributed by atoms with E-state index in [0.717, 1.165) is 23.8 Å². The van der Waals surface area contributed by atoms with Gasteiger partial charge in [0.15, 0.2) is 0 Å². The van der Waals surface area contributed by atoms with E-state index >= 15 is 0 Å². The van der Waals surface area contributed by atoms with Crippen LogP contribution in [0.25, 0.3) is 0 Å². The van der Waals surface area contributed by atoms with Crippen LogP contribution in [0.15, 0.2) is 54.6 Å². The van der Waals surface area contributed by atoms with Gasteiger partial charge in [-0.1, -0.05) is 49.4 Å². The first-order valence-electron chi connectivity index (χ1n) is 11.7. The summed E-state index contributed by atoms with van der Waals surface area (Å²) in [6.45, 7) is 8.13. The van der Waals surface area contributed by atoms with Crippen LogP contribution in [0.2, 0.25) is 0 Å². The number of aryl methyl sites for hydroxylation is 1. The number of hydrogen-bond acceptors (Lipinski definition) is 4. The molecule has 2 amide bonds. The number of carbonyl (C=O) groups excluding carboxylic acids is 2. The van der Waals surface area contributed by atoms with E-state index < -0.39 is 16.1 Å². The minimum Gasteiger partial charge on any atom is -0.352 e. The molecule has 0 aliphatic carbocycles. The van der Waals surface area contributed by atoms with Gasteiger partial charge in [0.2, 0.25) is 21.8 Å². The van der Waals surface area contributed by atoms with Crippen molar-refractivity contribution in [1.29, 1.82) is 0 Å². The maximum absolute atomic E-state index is 13.3. The second-order valence-electron chi connectivity index (χ2n) is 8.72. The molecule has 2 rings (SSSR count). The summed E-state index contributed by atoms with van der Waals surface area (Å²) in [6.07, 6.45) is 2.43. The molecule has 2 aromatic rings. The third-order valence-electron chi connectivity index (χ3n) is 5.97. The Labute approximate surface area is 204 Å². The lowest BCUT2D eigenvalue weighted by atomic mass is 10.1. The number of amides is 2. The lowest BCUT2D eigenvalue weighted by Crippen LogP contribution is -2.49. The van der Waals surface area contributed by atoms with Crippen molar-refractivity contribution in [3.05, 3.63) is 65.7 Å². The number of nitrogens with one attached hydrogen (secondary N) is 1. The normalized spacial score (nSPS) is 13.1. The summed E-state index contributed by atoms with van der Waals surface area (Å²) in [5, 5.41) is 2.96. The monoisotopic (exact) mass is 487 g/mol. The van der Waals surface area contributed by atoms with Gasteiger partial charge in [0.05, 0.1) is 11.9 Å². The summed E-state index contributed by atoms with van der Waals surface area (Å²) in [7, 11) is -3.49. The van der Waals surface area contributed by atoms with Crippen LogP contribution in [-0.2, 0) is 26.2 Å². The first-order chi connectivity index (χ1) is 16.0. The van der Waals surface area contributed by atoms with E-state index in [1.807, 2.05) is 51.1 Å². The molecule has 0 saturated carbocycles. The topological polar surface area (TPSA) is 86.8 Å². The van der Waals surface area contributed by atoms with Crippen molar-refractivity contribution in [3.8, 4) is 0 Å². The summed E-state index contributed by atoms with van der Waals surface area (Å²) in [6, 6.07) is 16.0. The maximum atomic E-state index is 13.3. The van der Waals surface area contributed by atoms with E-state index in [4.69, 9.17) is 0 Å². The van der Waals surface area contributed by atoms with Gasteiger partial charge in [-0.25, -0.2) is 8.42 Å². The van der Waals surface area contributed by atoms with Crippen molar-refractivity contribution in [2.75, 3.05) is 17.1 Å². The first-order valence-corrected chi connectivity index (χ1v) is 13.6. The Morgan fingerprint density at radius 1 is 1.00 bits per heavy atom. The number of anilines is 1. The Bertz CT molecular complexity index is 1060. The van der Waals surface area contributed by atoms with Gasteiger partial charge in [-0.2, -0.15) is 0 Å². The zero-order valence-electron chi connectivity index (χ0n) is 20.8. The molecule has 0 radical (unpaired) electrons. The second kappa shape index (κ2) is 12.6. The quantitative estimate of drug-likeness (QED) is 0.492. The van der Waals surface area contributed by atoms with Crippen LogP contribution in [-0.4, -0.2) is 50.0 Å². The van der Waals surface area contributed by atoms with E-state index in [2.05, 4.69) is 5.32 Å². The molecule has 2 aromatic carbocycles. The highest BCUT2D eigenvalue weighted by Gasteiger charge is 2.27. The molecule has 34 heavy (non-hydrogen) atoms. The van der Waals surface area contributed by atoms with E-state index in [9.17, 15) is 18.0 Å². The number of sulfonamides is 1. The summed E-state index contributed by atoms with van der Waals surface area (Å²) < 4.78 is 26.0. The molecule has 0 fully saturated rings. The van der Waals surface area contributed by atoms with Gasteiger partial charge in [0.25, 0.3) is 0 Å². The van der Waals surface area contributed by atoms with Crippen molar-refractivity contribution < 1.29 is 18.0 Å². The highest BCUT2D eigenvalue weighted by Crippen LogP contribution is 2.19. The highest BCUT2D eigenvalue weighted by molar-refractivity contribution is 7.92. The molecule has 0 saturated heterocycles. The van der Waals surface area contributed by atoms with Crippen LogP contribution in [0.5, 0.6) is 0 Å². The van der Waals surface area contributed by atoms with Gasteiger partial charge in [-0.15, -0.1) is 0 Å². The third kappa shape index (κ3) is 7.87. The number of benzene rings is 2. The second-order valence-corrected chi connectivity index (χ2v) is 10.6. The molecule has 0 aliphatic heterocycles. The molecule has 0 unspecified atom stereocenters. The van der Waals surface area contributed by atoms with E-state index in [1.54, 1.807) is 36.1 Å². The maximum Gasteiger partial charge on any atom is 0.242 e. The molecule has 0 heterocycles. The molecule has 1 N–H and O–H groups in total. The van der Waals surface area contributed by atoms with Crippen LogP contribution in [0.1, 0.15) is 51.2 Å². The fourth-order valence-corrected chi connectivity index (χ4v) is 4.58. The Hall–Kier alpha value is -2.87. The molecule has 0 bridgehead atoms. The largest absolute Gasteiger partial charge is 0.352 e. The van der Waals surface area contributed by atoms with Crippen LogP contribution in [0, 0.1) is 6.92 Å². The van der Waals surface area contributed by atoms with Gasteiger partial charge in [0.1, 0.15) is 6.04 Å². The lowest BCUT2D eigenvalue weighted by Gasteiger charge is -2.30. The van der Waals surface area contributed by atoms with Crippen molar-refractivity contribution in [1.82, 2.24) is 10.2 Å². The molecule has 8 heteroatoms. The van der Waals surface area contributed by atoms with Gasteiger partial charge >= 0.3 is 0 Å². The minimum atomic E-state index is -3.49. The van der Waals surface area contributed by atoms with Crippen molar-refractivity contribution in [2.24, 2.45) is 0 Å². The van der Waals surface area contributed by atoms with Crippen LogP contribution < -0.4 is 9.62 Å². The smallest absolute Gasteiger partial charge is 0.242 e. The summed E-state index contributed by atoms with van der Waals surface area (Å²) in [5.41, 5.74) is 2.58. The summed E-state index contributed by atoms with van der Waals surface area (Å²) in [5.74, 6) is -0.380. The van der Waals surface area contributed by atoms with E-state index in [0.29, 0.717) is 18.7 Å². The standard InChI is InChI=1S/C26H37N3O4S/c1-6-21(3)27-26(31)22(4)28(19-23-14-11-10-13-20(23)2)25(30)17-12-18-29(34(5,32)33)24-15-8-7-9-16-24/h7-11,13-16,21-22H,6,12,17-19H2,1-5H3,(H,27,31)/t21-,22-/m1/s1. The van der Waals surface area contributed by atoms with Gasteiger partial charge < -0.3 is 10.2 Å². The zero-order chi connectivity index (χ0) is 25.3. The van der Waals surface area contributed by atoms with Gasteiger partial charge in [-0.05, 0) is 56.9 Å². The average molecular weight is 488 g/mol. The number of hydrogen-bond donors (Lipinski definition) is 1. The Kier molecular flexibility index (Phi) is 10.1. The Morgan fingerprint density at radius 3 is 2.21 bits per heavy atom. The summed E-state index contributed by atoms with van der Waals surface area (Å²) >= 11 is 0. The molecule has 186 valence electrons. The van der Waals surface area contributed by atoms with Crippen molar-refractivity contribution in [3.63, 3.8) is 0 Å². The Balaban J connectivity index is 2.16. The van der Waals surface area contributed by atoms with Crippen LogP contribution in [0.3, 0.4) is 0 Å². The number of nitrogens with zero attached hydrogens (tertiary/aromatic N) is 2. The van der Waals surface area contributed by atoms with Gasteiger partial charge in [0, 0.05) is 25.6 Å². The van der Waals surface area contributed by atoms with Crippen LogP contribution >= 0.6 is 0 Å². The van der Waals surface area contributed by atoms with Crippen molar-refractivity contribution >= 4 is 27.5 Å². The molecule has 0 aliphatic rings. The SMILES string of the molecule is CC[C@@H](C)NC(=O)[C@@H](C)N(Cc1ccccc1C)C(=O)CCCN(c1ccccc1)S(C)(=O)=O.